The Balaban J connectivity index is 1.79. The van der Waals surface area contributed by atoms with E-state index in [2.05, 4.69) is 5.32 Å². The SMILES string of the molecule is CCNC(=O)[C@@H](Cc1ccccc1)N(Cc1cccc(Cl)c1)C(=O)CN(c1ccc(C)cc1)S(=O)(=O)c1ccc(F)cc1. The van der Waals surface area contributed by atoms with E-state index in [0.29, 0.717) is 17.1 Å². The van der Waals surface area contributed by atoms with Crippen molar-refractivity contribution in [3.63, 3.8) is 0 Å². The maximum atomic E-state index is 14.3. The summed E-state index contributed by atoms with van der Waals surface area (Å²) in [5, 5.41) is 3.29. The van der Waals surface area contributed by atoms with Gasteiger partial charge in [0.2, 0.25) is 11.8 Å². The molecular weight excluding hydrogens is 589 g/mol. The zero-order valence-electron chi connectivity index (χ0n) is 23.9. The van der Waals surface area contributed by atoms with Gasteiger partial charge in [0.25, 0.3) is 10.0 Å². The van der Waals surface area contributed by atoms with Gasteiger partial charge in [0.05, 0.1) is 10.6 Å². The van der Waals surface area contributed by atoms with Crippen LogP contribution in [0.4, 0.5) is 10.1 Å². The van der Waals surface area contributed by atoms with Gasteiger partial charge < -0.3 is 10.2 Å². The summed E-state index contributed by atoms with van der Waals surface area (Å²) in [6.07, 6.45) is 0.203. The molecule has 4 aromatic rings. The largest absolute Gasteiger partial charge is 0.355 e. The molecule has 0 spiro atoms. The second-order valence-electron chi connectivity index (χ2n) is 10.1. The van der Waals surface area contributed by atoms with Crippen LogP contribution in [0.2, 0.25) is 5.02 Å². The highest BCUT2D eigenvalue weighted by molar-refractivity contribution is 7.92. The molecule has 0 aromatic heterocycles. The Bertz CT molecular complexity index is 1650. The number of aryl methyl sites for hydroxylation is 1. The van der Waals surface area contributed by atoms with Crippen LogP contribution < -0.4 is 9.62 Å². The minimum Gasteiger partial charge on any atom is -0.355 e. The van der Waals surface area contributed by atoms with Crippen LogP contribution in [-0.2, 0) is 32.6 Å². The summed E-state index contributed by atoms with van der Waals surface area (Å²) in [4.78, 5) is 29.0. The molecule has 43 heavy (non-hydrogen) atoms. The van der Waals surface area contributed by atoms with Gasteiger partial charge in [0.15, 0.2) is 0 Å². The van der Waals surface area contributed by atoms with Crippen LogP contribution in [0.1, 0.15) is 23.6 Å². The third-order valence-corrected chi connectivity index (χ3v) is 8.89. The minimum absolute atomic E-state index is 0.00631. The molecule has 0 aliphatic heterocycles. The van der Waals surface area contributed by atoms with Crippen LogP contribution >= 0.6 is 11.6 Å². The molecule has 4 aromatic carbocycles. The standard InChI is InChI=1S/C33H33ClFN3O4S/c1-3-36-33(40)31(21-25-8-5-4-6-9-25)37(22-26-10-7-11-27(34)20-26)32(39)23-38(29-16-12-24(2)13-17-29)43(41,42)30-18-14-28(35)15-19-30/h4-20,31H,3,21-23H2,1-2H3,(H,36,40)/t31-/m1/s1. The summed E-state index contributed by atoms with van der Waals surface area (Å²) < 4.78 is 42.5. The summed E-state index contributed by atoms with van der Waals surface area (Å²) in [5.74, 6) is -1.56. The fourth-order valence-electron chi connectivity index (χ4n) is 4.65. The molecule has 0 heterocycles. The molecule has 1 atom stereocenters. The molecule has 224 valence electrons. The van der Waals surface area contributed by atoms with Gasteiger partial charge in [0.1, 0.15) is 18.4 Å². The Morgan fingerprint density at radius 2 is 1.53 bits per heavy atom. The van der Waals surface area contributed by atoms with Crippen molar-refractivity contribution in [3.8, 4) is 0 Å². The molecule has 0 fully saturated rings. The van der Waals surface area contributed by atoms with Gasteiger partial charge in [0, 0.05) is 24.5 Å². The van der Waals surface area contributed by atoms with E-state index in [1.165, 1.54) is 4.90 Å². The van der Waals surface area contributed by atoms with Gasteiger partial charge in [-0.1, -0.05) is 71.8 Å². The lowest BCUT2D eigenvalue weighted by Gasteiger charge is -2.34. The van der Waals surface area contributed by atoms with E-state index in [1.54, 1.807) is 55.5 Å². The quantitative estimate of drug-likeness (QED) is 0.218. The number of anilines is 1. The third-order valence-electron chi connectivity index (χ3n) is 6.87. The highest BCUT2D eigenvalue weighted by Gasteiger charge is 2.34. The normalized spacial score (nSPS) is 11.9. The van der Waals surface area contributed by atoms with Crippen molar-refractivity contribution in [3.05, 3.63) is 131 Å². The van der Waals surface area contributed by atoms with Gasteiger partial charge in [-0.25, -0.2) is 12.8 Å². The second-order valence-corrected chi connectivity index (χ2v) is 12.4. The third kappa shape index (κ3) is 8.21. The molecule has 0 radical (unpaired) electrons. The number of nitrogens with zero attached hydrogens (tertiary/aromatic N) is 2. The Labute approximate surface area is 257 Å². The van der Waals surface area contributed by atoms with Gasteiger partial charge in [-0.15, -0.1) is 0 Å². The molecule has 10 heteroatoms. The number of hydrogen-bond donors (Lipinski definition) is 1. The van der Waals surface area contributed by atoms with Crippen molar-refractivity contribution in [1.29, 1.82) is 0 Å². The Kier molecular flexibility index (Phi) is 10.6. The fourth-order valence-corrected chi connectivity index (χ4v) is 6.28. The number of sulfonamides is 1. The molecule has 0 saturated heterocycles. The van der Waals surface area contributed by atoms with Gasteiger partial charge in [-0.2, -0.15) is 0 Å². The van der Waals surface area contributed by atoms with Crippen LogP contribution in [0.15, 0.2) is 108 Å². The number of carbonyl (C=O) groups excluding carboxylic acids is 2. The number of amides is 2. The van der Waals surface area contributed by atoms with Crippen molar-refractivity contribution < 1.29 is 22.4 Å². The van der Waals surface area contributed by atoms with E-state index >= 15 is 0 Å². The van der Waals surface area contributed by atoms with Crippen molar-refractivity contribution in [2.45, 2.75) is 37.8 Å². The molecule has 0 bridgehead atoms. The highest BCUT2D eigenvalue weighted by atomic mass is 35.5. The second kappa shape index (κ2) is 14.3. The van der Waals surface area contributed by atoms with Crippen LogP contribution in [0, 0.1) is 12.7 Å². The Morgan fingerprint density at radius 1 is 0.884 bits per heavy atom. The molecule has 4 rings (SSSR count). The minimum atomic E-state index is -4.31. The van der Waals surface area contributed by atoms with E-state index in [9.17, 15) is 22.4 Å². The zero-order chi connectivity index (χ0) is 31.0. The van der Waals surface area contributed by atoms with Crippen molar-refractivity contribution >= 4 is 39.1 Å². The first-order valence-corrected chi connectivity index (χ1v) is 15.6. The van der Waals surface area contributed by atoms with E-state index < -0.39 is 34.3 Å². The average Bonchev–Trinajstić information content (AvgIpc) is 2.99. The fraction of sp³-hybridized carbons (Fsp3) is 0.212. The van der Waals surface area contributed by atoms with Crippen molar-refractivity contribution in [1.82, 2.24) is 10.2 Å². The number of likely N-dealkylation sites (N-methyl/N-ethyl adjacent to an activating group) is 1. The molecule has 0 saturated carbocycles. The molecular formula is C33H33ClFN3O4S. The first-order valence-electron chi connectivity index (χ1n) is 13.8. The summed E-state index contributed by atoms with van der Waals surface area (Å²) in [6.45, 7) is 3.40. The van der Waals surface area contributed by atoms with E-state index in [-0.39, 0.29) is 29.5 Å². The zero-order valence-corrected chi connectivity index (χ0v) is 25.5. The molecule has 2 amide bonds. The number of rotatable bonds is 12. The predicted molar refractivity (Wildman–Crippen MR) is 167 cm³/mol. The lowest BCUT2D eigenvalue weighted by molar-refractivity contribution is -0.140. The number of hydrogen-bond acceptors (Lipinski definition) is 4. The molecule has 1 N–H and O–H groups in total. The smallest absolute Gasteiger partial charge is 0.264 e. The molecule has 7 nitrogen and oxygen atoms in total. The van der Waals surface area contributed by atoms with Crippen molar-refractivity contribution in [2.24, 2.45) is 0 Å². The summed E-state index contributed by atoms with van der Waals surface area (Å²) >= 11 is 6.25. The van der Waals surface area contributed by atoms with Crippen LogP contribution in [0.25, 0.3) is 0 Å². The highest BCUT2D eigenvalue weighted by Crippen LogP contribution is 2.26. The number of nitrogens with one attached hydrogen (secondary N) is 1. The summed E-state index contributed by atoms with van der Waals surface area (Å²) in [7, 11) is -4.31. The lowest BCUT2D eigenvalue weighted by Crippen LogP contribution is -2.53. The average molecular weight is 622 g/mol. The monoisotopic (exact) mass is 621 g/mol. The first kappa shape index (κ1) is 31.7. The predicted octanol–water partition coefficient (Wildman–Crippen LogP) is 5.76. The van der Waals surface area contributed by atoms with E-state index in [1.807, 2.05) is 37.3 Å². The Morgan fingerprint density at radius 3 is 2.16 bits per heavy atom. The molecule has 0 unspecified atom stereocenters. The lowest BCUT2D eigenvalue weighted by atomic mass is 10.0. The first-order chi connectivity index (χ1) is 20.6. The van der Waals surface area contributed by atoms with Crippen molar-refractivity contribution in [2.75, 3.05) is 17.4 Å². The number of halogens is 2. The van der Waals surface area contributed by atoms with Gasteiger partial charge >= 0.3 is 0 Å². The van der Waals surface area contributed by atoms with Crippen LogP contribution in [0.3, 0.4) is 0 Å². The maximum Gasteiger partial charge on any atom is 0.264 e. The van der Waals surface area contributed by atoms with Gasteiger partial charge in [-0.05, 0) is 73.5 Å². The van der Waals surface area contributed by atoms with E-state index in [4.69, 9.17) is 11.6 Å². The topological polar surface area (TPSA) is 86.8 Å². The van der Waals surface area contributed by atoms with Crippen LogP contribution in [0.5, 0.6) is 0 Å². The number of benzene rings is 4. The maximum absolute atomic E-state index is 14.3. The summed E-state index contributed by atoms with van der Waals surface area (Å²) in [6, 6.07) is 26.4. The Hall–Kier alpha value is -4.21. The van der Waals surface area contributed by atoms with Gasteiger partial charge in [-0.3, -0.25) is 13.9 Å². The summed E-state index contributed by atoms with van der Waals surface area (Å²) in [5.41, 5.74) is 2.66. The van der Waals surface area contributed by atoms with E-state index in [0.717, 1.165) is 39.7 Å². The number of carbonyl (C=O) groups is 2. The molecule has 0 aliphatic rings. The molecule has 0 aliphatic carbocycles. The van der Waals surface area contributed by atoms with Crippen LogP contribution in [-0.4, -0.2) is 44.3 Å².